The minimum absolute atomic E-state index is 0.268. The molecule has 6 heteroatoms. The average molecular weight is 257 g/mol. The number of aliphatic carboxylic acids is 1. The van der Waals surface area contributed by atoms with Crippen molar-refractivity contribution in [3.63, 3.8) is 0 Å². The highest BCUT2D eigenvalue weighted by atomic mass is 16.4. The number of piperidine rings is 1. The number of rotatable bonds is 5. The number of carboxylic acids is 1. The molecule has 0 spiro atoms. The first kappa shape index (κ1) is 14.8. The Morgan fingerprint density at radius 3 is 2.67 bits per heavy atom. The van der Waals surface area contributed by atoms with E-state index in [2.05, 4.69) is 10.6 Å². The molecule has 1 aliphatic rings. The van der Waals surface area contributed by atoms with Gasteiger partial charge in [0.2, 0.25) is 0 Å². The molecule has 0 aromatic rings. The Hall–Kier alpha value is -1.30. The highest BCUT2D eigenvalue weighted by molar-refractivity contribution is 5.86. The molecule has 1 saturated heterocycles. The topological polar surface area (TPSA) is 81.7 Å². The van der Waals surface area contributed by atoms with E-state index >= 15 is 0 Å². The highest BCUT2D eigenvalue weighted by Crippen LogP contribution is 2.28. The first-order chi connectivity index (χ1) is 8.52. The number of nitrogens with zero attached hydrogens (tertiary/aromatic N) is 1. The lowest BCUT2D eigenvalue weighted by Gasteiger charge is -2.41. The van der Waals surface area contributed by atoms with E-state index < -0.39 is 11.5 Å². The lowest BCUT2D eigenvalue weighted by molar-refractivity contribution is -0.150. The molecule has 3 N–H and O–H groups in total. The average Bonchev–Trinajstić information content (AvgIpc) is 2.34. The summed E-state index contributed by atoms with van der Waals surface area (Å²) in [6.07, 6.45) is 3.07. The molecule has 1 heterocycles. The van der Waals surface area contributed by atoms with Crippen molar-refractivity contribution in [1.82, 2.24) is 15.5 Å². The van der Waals surface area contributed by atoms with Crippen molar-refractivity contribution >= 4 is 12.0 Å². The third kappa shape index (κ3) is 3.35. The summed E-state index contributed by atoms with van der Waals surface area (Å²) in [6, 6.07) is -0.268. The summed E-state index contributed by atoms with van der Waals surface area (Å²) in [5.41, 5.74) is -1.06. The number of likely N-dealkylation sites (tertiary alicyclic amines) is 1. The van der Waals surface area contributed by atoms with Crippen LogP contribution in [-0.4, -0.2) is 54.2 Å². The maximum atomic E-state index is 12.0. The number of carbonyl (C=O) groups is 2. The summed E-state index contributed by atoms with van der Waals surface area (Å²) in [4.78, 5) is 24.8. The second kappa shape index (κ2) is 6.58. The van der Waals surface area contributed by atoms with Gasteiger partial charge >= 0.3 is 12.0 Å². The molecule has 0 bridgehead atoms. The zero-order valence-electron chi connectivity index (χ0n) is 11.2. The van der Waals surface area contributed by atoms with Gasteiger partial charge in [0.25, 0.3) is 0 Å². The van der Waals surface area contributed by atoms with Crippen molar-refractivity contribution in [2.75, 3.05) is 26.7 Å². The lowest BCUT2D eigenvalue weighted by atomic mass is 9.89. The molecule has 0 aromatic carbocycles. The van der Waals surface area contributed by atoms with Crippen molar-refractivity contribution in [2.45, 2.75) is 38.1 Å². The van der Waals surface area contributed by atoms with E-state index in [-0.39, 0.29) is 6.03 Å². The summed E-state index contributed by atoms with van der Waals surface area (Å²) in [5.74, 6) is -0.924. The normalized spacial score (nSPS) is 23.8. The molecule has 1 rings (SSSR count). The first-order valence-electron chi connectivity index (χ1n) is 6.46. The van der Waals surface area contributed by atoms with Gasteiger partial charge in [0, 0.05) is 13.1 Å². The minimum atomic E-state index is -1.06. The van der Waals surface area contributed by atoms with E-state index in [9.17, 15) is 14.7 Å². The molecule has 0 saturated carbocycles. The van der Waals surface area contributed by atoms with Crippen LogP contribution >= 0.6 is 0 Å². The molecule has 18 heavy (non-hydrogen) atoms. The standard InChI is InChI=1S/C12H23N3O3/c1-12(10(16)17)6-3-4-9-15(12)11(18)14-8-5-7-13-2/h13H,3-9H2,1-2H3,(H,14,18)(H,16,17). The van der Waals surface area contributed by atoms with Gasteiger partial charge in [-0.05, 0) is 46.2 Å². The number of amides is 2. The third-order valence-electron chi connectivity index (χ3n) is 3.48. The van der Waals surface area contributed by atoms with Crippen LogP contribution in [0.4, 0.5) is 4.79 Å². The number of carboxylic acid groups (broad SMARTS) is 1. The fraction of sp³-hybridized carbons (Fsp3) is 0.833. The number of hydrogen-bond acceptors (Lipinski definition) is 3. The largest absolute Gasteiger partial charge is 0.480 e. The van der Waals surface area contributed by atoms with Crippen LogP contribution in [-0.2, 0) is 4.79 Å². The molecule has 6 nitrogen and oxygen atoms in total. The van der Waals surface area contributed by atoms with E-state index in [0.29, 0.717) is 19.5 Å². The quantitative estimate of drug-likeness (QED) is 0.631. The molecular weight excluding hydrogens is 234 g/mol. The molecule has 2 amide bonds. The van der Waals surface area contributed by atoms with Crippen LogP contribution in [0, 0.1) is 0 Å². The number of carbonyl (C=O) groups excluding carboxylic acids is 1. The van der Waals surface area contributed by atoms with Gasteiger partial charge in [-0.25, -0.2) is 9.59 Å². The van der Waals surface area contributed by atoms with Crippen LogP contribution in [0.15, 0.2) is 0 Å². The van der Waals surface area contributed by atoms with Gasteiger partial charge in [-0.2, -0.15) is 0 Å². The zero-order valence-corrected chi connectivity index (χ0v) is 11.2. The molecule has 0 aromatic heterocycles. The van der Waals surface area contributed by atoms with Gasteiger partial charge in [-0.1, -0.05) is 0 Å². The monoisotopic (exact) mass is 257 g/mol. The Bertz CT molecular complexity index is 309. The smallest absolute Gasteiger partial charge is 0.329 e. The molecule has 1 atom stereocenters. The maximum Gasteiger partial charge on any atom is 0.329 e. The van der Waals surface area contributed by atoms with E-state index in [1.54, 1.807) is 6.92 Å². The molecular formula is C12H23N3O3. The Morgan fingerprint density at radius 2 is 2.06 bits per heavy atom. The molecule has 104 valence electrons. The van der Waals surface area contributed by atoms with Gasteiger partial charge in [-0.15, -0.1) is 0 Å². The van der Waals surface area contributed by atoms with Crippen LogP contribution in [0.25, 0.3) is 0 Å². The summed E-state index contributed by atoms with van der Waals surface area (Å²) in [5, 5.41) is 15.1. The van der Waals surface area contributed by atoms with Crippen LogP contribution in [0.5, 0.6) is 0 Å². The lowest BCUT2D eigenvalue weighted by Crippen LogP contribution is -2.60. The van der Waals surface area contributed by atoms with Crippen molar-refractivity contribution in [1.29, 1.82) is 0 Å². The number of hydrogen-bond donors (Lipinski definition) is 3. The summed E-state index contributed by atoms with van der Waals surface area (Å²) >= 11 is 0. The summed E-state index contributed by atoms with van der Waals surface area (Å²) in [7, 11) is 1.86. The number of nitrogens with one attached hydrogen (secondary N) is 2. The Balaban J connectivity index is 2.55. The van der Waals surface area contributed by atoms with Crippen LogP contribution in [0.2, 0.25) is 0 Å². The van der Waals surface area contributed by atoms with Crippen molar-refractivity contribution in [2.24, 2.45) is 0 Å². The second-order valence-corrected chi connectivity index (χ2v) is 4.88. The third-order valence-corrected chi connectivity index (χ3v) is 3.48. The Morgan fingerprint density at radius 1 is 1.33 bits per heavy atom. The van der Waals surface area contributed by atoms with Crippen LogP contribution < -0.4 is 10.6 Å². The van der Waals surface area contributed by atoms with Gasteiger partial charge in [0.05, 0.1) is 0 Å². The highest BCUT2D eigenvalue weighted by Gasteiger charge is 2.43. The van der Waals surface area contributed by atoms with E-state index in [1.165, 1.54) is 4.90 Å². The van der Waals surface area contributed by atoms with Gasteiger partial charge in [0.15, 0.2) is 0 Å². The van der Waals surface area contributed by atoms with Gasteiger partial charge < -0.3 is 20.6 Å². The minimum Gasteiger partial charge on any atom is -0.480 e. The fourth-order valence-corrected chi connectivity index (χ4v) is 2.22. The SMILES string of the molecule is CNCCCNC(=O)N1CCCCC1(C)C(=O)O. The molecule has 0 radical (unpaired) electrons. The van der Waals surface area contributed by atoms with Crippen LogP contribution in [0.3, 0.4) is 0 Å². The predicted octanol–water partition coefficient (Wildman–Crippen LogP) is 0.635. The predicted molar refractivity (Wildman–Crippen MR) is 68.5 cm³/mol. The molecule has 1 fully saturated rings. The van der Waals surface area contributed by atoms with Gasteiger partial charge in [0.1, 0.15) is 5.54 Å². The van der Waals surface area contributed by atoms with Crippen molar-refractivity contribution in [3.05, 3.63) is 0 Å². The molecule has 1 aliphatic heterocycles. The van der Waals surface area contributed by atoms with Gasteiger partial charge in [-0.3, -0.25) is 0 Å². The summed E-state index contributed by atoms with van der Waals surface area (Å²) in [6.45, 7) is 3.53. The Labute approximate surface area is 108 Å². The van der Waals surface area contributed by atoms with Crippen molar-refractivity contribution < 1.29 is 14.7 Å². The molecule has 0 aliphatic carbocycles. The van der Waals surface area contributed by atoms with E-state index in [4.69, 9.17) is 0 Å². The summed E-state index contributed by atoms with van der Waals surface area (Å²) < 4.78 is 0. The second-order valence-electron chi connectivity index (χ2n) is 4.88. The van der Waals surface area contributed by atoms with Crippen molar-refractivity contribution in [3.8, 4) is 0 Å². The number of urea groups is 1. The van der Waals surface area contributed by atoms with E-state index in [1.807, 2.05) is 7.05 Å². The van der Waals surface area contributed by atoms with Crippen LogP contribution in [0.1, 0.15) is 32.6 Å². The fourth-order valence-electron chi connectivity index (χ4n) is 2.22. The zero-order chi connectivity index (χ0) is 13.6. The van der Waals surface area contributed by atoms with E-state index in [0.717, 1.165) is 25.8 Å². The molecule has 1 unspecified atom stereocenters. The first-order valence-corrected chi connectivity index (χ1v) is 6.46. The maximum absolute atomic E-state index is 12.0. The Kier molecular flexibility index (Phi) is 5.40.